The molecule has 0 bridgehead atoms. The molecule has 0 aliphatic carbocycles. The van der Waals surface area contributed by atoms with Gasteiger partial charge in [-0.05, 0) is 48.0 Å². The van der Waals surface area contributed by atoms with Crippen LogP contribution in [0.5, 0.6) is 0 Å². The number of esters is 1. The molecular weight excluding hydrogens is 422 g/mol. The molecule has 1 aromatic heterocycles. The summed E-state index contributed by atoms with van der Waals surface area (Å²) in [4.78, 5) is 34.3. The van der Waals surface area contributed by atoms with Crippen LogP contribution < -0.4 is 0 Å². The monoisotopic (exact) mass is 439 g/mol. The van der Waals surface area contributed by atoms with Crippen molar-refractivity contribution in [2.75, 3.05) is 13.7 Å². The van der Waals surface area contributed by atoms with E-state index in [1.165, 1.54) is 13.2 Å². The fraction of sp³-hybridized carbons (Fsp3) is 0.136. The number of ether oxygens (including phenoxy) is 1. The van der Waals surface area contributed by atoms with Gasteiger partial charge in [0.25, 0.3) is 5.91 Å². The van der Waals surface area contributed by atoms with E-state index in [4.69, 9.17) is 11.6 Å². The quantitative estimate of drug-likeness (QED) is 0.462. The van der Waals surface area contributed by atoms with Crippen LogP contribution in [0.3, 0.4) is 0 Å². The number of halogens is 1. The van der Waals surface area contributed by atoms with Gasteiger partial charge < -0.3 is 9.72 Å². The fourth-order valence-electron chi connectivity index (χ4n) is 3.18. The molecule has 3 aromatic rings. The van der Waals surface area contributed by atoms with E-state index in [0.29, 0.717) is 28.8 Å². The Labute approximate surface area is 182 Å². The first-order chi connectivity index (χ1) is 14.5. The minimum atomic E-state index is -0.577. The Bertz CT molecular complexity index is 1190. The van der Waals surface area contributed by atoms with Gasteiger partial charge in [0.05, 0.1) is 17.7 Å². The Kier molecular flexibility index (Phi) is 5.92. The molecule has 2 heterocycles. The SMILES string of the molecule is COC(=O)/C=C1\SC(=Nc2cccc(Cl)c2)N(CCc2c[nH]c3ccccc23)C1=O. The van der Waals surface area contributed by atoms with Crippen LogP contribution in [0.2, 0.25) is 5.02 Å². The summed E-state index contributed by atoms with van der Waals surface area (Å²) in [5, 5.41) is 2.18. The number of H-pyrrole nitrogens is 1. The lowest BCUT2D eigenvalue weighted by atomic mass is 10.1. The zero-order valence-electron chi connectivity index (χ0n) is 16.1. The number of fused-ring (bicyclic) bond motifs is 1. The second-order valence-corrected chi connectivity index (χ2v) is 8.02. The van der Waals surface area contributed by atoms with E-state index in [9.17, 15) is 9.59 Å². The number of aromatic amines is 1. The van der Waals surface area contributed by atoms with Crippen molar-refractivity contribution in [2.24, 2.45) is 4.99 Å². The summed E-state index contributed by atoms with van der Waals surface area (Å²) in [7, 11) is 1.28. The van der Waals surface area contributed by atoms with Crippen molar-refractivity contribution < 1.29 is 14.3 Å². The number of benzene rings is 2. The first kappa shape index (κ1) is 20.3. The Hall–Kier alpha value is -3.03. The summed E-state index contributed by atoms with van der Waals surface area (Å²) in [5.74, 6) is -0.850. The Morgan fingerprint density at radius 1 is 1.27 bits per heavy atom. The molecule has 4 rings (SSSR count). The fourth-order valence-corrected chi connectivity index (χ4v) is 4.35. The number of para-hydroxylation sites is 1. The molecule has 6 nitrogen and oxygen atoms in total. The number of aromatic nitrogens is 1. The van der Waals surface area contributed by atoms with Gasteiger partial charge in [0, 0.05) is 34.7 Å². The standard InChI is InChI=1S/C22H18ClN3O3S/c1-29-20(27)12-19-21(28)26(22(30-19)25-16-6-4-5-15(23)11-16)10-9-14-13-24-18-8-3-2-7-17(14)18/h2-8,11-13,24H,9-10H2,1H3/b19-12-,25-22?. The molecular formula is C22H18ClN3O3S. The second kappa shape index (κ2) is 8.77. The average molecular weight is 440 g/mol. The van der Waals surface area contributed by atoms with Crippen molar-refractivity contribution in [3.05, 3.63) is 76.3 Å². The molecule has 152 valence electrons. The zero-order valence-corrected chi connectivity index (χ0v) is 17.7. The number of amides is 1. The van der Waals surface area contributed by atoms with Crippen molar-refractivity contribution >= 4 is 57.0 Å². The third kappa shape index (κ3) is 4.27. The molecule has 0 spiro atoms. The highest BCUT2D eigenvalue weighted by Crippen LogP contribution is 2.33. The summed E-state index contributed by atoms with van der Waals surface area (Å²) in [6.45, 7) is 0.422. The van der Waals surface area contributed by atoms with Crippen LogP contribution >= 0.6 is 23.4 Å². The van der Waals surface area contributed by atoms with Crippen molar-refractivity contribution in [1.82, 2.24) is 9.88 Å². The number of hydrogen-bond acceptors (Lipinski definition) is 5. The van der Waals surface area contributed by atoms with Crippen LogP contribution in [0.15, 0.2) is 70.7 Å². The van der Waals surface area contributed by atoms with Crippen LogP contribution in [-0.2, 0) is 20.7 Å². The summed E-state index contributed by atoms with van der Waals surface area (Å²) in [6.07, 6.45) is 3.79. The van der Waals surface area contributed by atoms with Crippen molar-refractivity contribution in [2.45, 2.75) is 6.42 Å². The lowest BCUT2D eigenvalue weighted by Gasteiger charge is -2.15. The highest BCUT2D eigenvalue weighted by atomic mass is 35.5. The first-order valence-electron chi connectivity index (χ1n) is 9.24. The van der Waals surface area contributed by atoms with Gasteiger partial charge in [0.2, 0.25) is 0 Å². The minimum absolute atomic E-state index is 0.272. The van der Waals surface area contributed by atoms with Gasteiger partial charge in [-0.3, -0.25) is 9.69 Å². The van der Waals surface area contributed by atoms with Crippen LogP contribution in [0, 0.1) is 0 Å². The molecule has 0 unspecified atom stereocenters. The van der Waals surface area contributed by atoms with E-state index in [1.807, 2.05) is 36.5 Å². The van der Waals surface area contributed by atoms with Gasteiger partial charge in [0.1, 0.15) is 0 Å². The van der Waals surface area contributed by atoms with Gasteiger partial charge in [-0.15, -0.1) is 0 Å². The minimum Gasteiger partial charge on any atom is -0.466 e. The topological polar surface area (TPSA) is 74.8 Å². The highest BCUT2D eigenvalue weighted by molar-refractivity contribution is 8.18. The van der Waals surface area contributed by atoms with Gasteiger partial charge in [-0.1, -0.05) is 35.9 Å². The molecule has 1 amide bonds. The maximum Gasteiger partial charge on any atom is 0.331 e. The molecule has 1 aliphatic heterocycles. The van der Waals surface area contributed by atoms with Gasteiger partial charge in [-0.25, -0.2) is 9.79 Å². The van der Waals surface area contributed by atoms with Crippen molar-refractivity contribution in [3.8, 4) is 0 Å². The molecule has 1 N–H and O–H groups in total. The number of hydrogen-bond donors (Lipinski definition) is 1. The first-order valence-corrected chi connectivity index (χ1v) is 10.4. The summed E-state index contributed by atoms with van der Waals surface area (Å²) >= 11 is 7.21. The maximum atomic E-state index is 13.0. The number of thioether (sulfide) groups is 1. The lowest BCUT2D eigenvalue weighted by Crippen LogP contribution is -2.31. The van der Waals surface area contributed by atoms with Gasteiger partial charge in [0.15, 0.2) is 5.17 Å². The van der Waals surface area contributed by atoms with Crippen LogP contribution in [0.25, 0.3) is 10.9 Å². The molecule has 30 heavy (non-hydrogen) atoms. The van der Waals surface area contributed by atoms with E-state index in [2.05, 4.69) is 14.7 Å². The zero-order chi connectivity index (χ0) is 21.1. The van der Waals surface area contributed by atoms with E-state index in [1.54, 1.807) is 23.1 Å². The number of aliphatic imine (C=N–C) groups is 1. The summed E-state index contributed by atoms with van der Waals surface area (Å²) in [5.41, 5.74) is 2.79. The van der Waals surface area contributed by atoms with E-state index < -0.39 is 5.97 Å². The number of carbonyl (C=O) groups is 2. The number of amidine groups is 1. The van der Waals surface area contributed by atoms with Crippen LogP contribution in [-0.4, -0.2) is 40.6 Å². The molecule has 0 atom stereocenters. The van der Waals surface area contributed by atoms with E-state index in [-0.39, 0.29) is 10.8 Å². The number of methoxy groups -OCH3 is 1. The Morgan fingerprint density at radius 2 is 2.10 bits per heavy atom. The average Bonchev–Trinajstić information content (AvgIpc) is 3.28. The molecule has 0 saturated carbocycles. The third-order valence-corrected chi connectivity index (χ3v) is 5.89. The normalized spacial score (nSPS) is 16.7. The molecule has 1 saturated heterocycles. The van der Waals surface area contributed by atoms with E-state index >= 15 is 0 Å². The highest BCUT2D eigenvalue weighted by Gasteiger charge is 2.34. The van der Waals surface area contributed by atoms with Crippen molar-refractivity contribution in [1.29, 1.82) is 0 Å². The summed E-state index contributed by atoms with van der Waals surface area (Å²) in [6, 6.07) is 15.1. The molecule has 2 aromatic carbocycles. The lowest BCUT2D eigenvalue weighted by molar-refractivity contribution is -0.135. The summed E-state index contributed by atoms with van der Waals surface area (Å²) < 4.78 is 4.67. The number of nitrogens with one attached hydrogen (secondary N) is 1. The number of nitrogens with zero attached hydrogens (tertiary/aromatic N) is 2. The molecule has 1 aliphatic rings. The number of rotatable bonds is 5. The second-order valence-electron chi connectivity index (χ2n) is 6.57. The maximum absolute atomic E-state index is 13.0. The smallest absolute Gasteiger partial charge is 0.331 e. The Balaban J connectivity index is 1.63. The Morgan fingerprint density at radius 3 is 2.90 bits per heavy atom. The molecule has 1 fully saturated rings. The molecule has 8 heteroatoms. The third-order valence-electron chi connectivity index (χ3n) is 4.65. The van der Waals surface area contributed by atoms with Crippen LogP contribution in [0.1, 0.15) is 5.56 Å². The largest absolute Gasteiger partial charge is 0.466 e. The van der Waals surface area contributed by atoms with Gasteiger partial charge in [-0.2, -0.15) is 0 Å². The van der Waals surface area contributed by atoms with Crippen LogP contribution in [0.4, 0.5) is 5.69 Å². The predicted molar refractivity (Wildman–Crippen MR) is 120 cm³/mol. The molecule has 0 radical (unpaired) electrons. The predicted octanol–water partition coefficient (Wildman–Crippen LogP) is 4.68. The van der Waals surface area contributed by atoms with E-state index in [0.717, 1.165) is 28.2 Å². The van der Waals surface area contributed by atoms with Gasteiger partial charge >= 0.3 is 5.97 Å². The van der Waals surface area contributed by atoms with Crippen molar-refractivity contribution in [3.63, 3.8) is 0 Å². The number of carbonyl (C=O) groups excluding carboxylic acids is 2.